The van der Waals surface area contributed by atoms with Crippen LogP contribution in [-0.4, -0.2) is 23.8 Å². The average Bonchev–Trinajstić information content (AvgIpc) is 2.37. The van der Waals surface area contributed by atoms with Crippen LogP contribution >= 0.6 is 23.5 Å². The summed E-state index contributed by atoms with van der Waals surface area (Å²) in [5.41, 5.74) is 1.37. The van der Waals surface area contributed by atoms with Crippen molar-refractivity contribution in [1.29, 1.82) is 0 Å². The van der Waals surface area contributed by atoms with Gasteiger partial charge in [-0.3, -0.25) is 0 Å². The Morgan fingerprint density at radius 1 is 1.24 bits per heavy atom. The maximum absolute atomic E-state index is 3.58. The van der Waals surface area contributed by atoms with Crippen molar-refractivity contribution in [3.63, 3.8) is 0 Å². The fourth-order valence-electron chi connectivity index (χ4n) is 1.54. The first-order valence-corrected chi connectivity index (χ1v) is 8.58. The monoisotopic (exact) mass is 269 g/mol. The van der Waals surface area contributed by atoms with Crippen LogP contribution in [0.4, 0.5) is 0 Å². The van der Waals surface area contributed by atoms with Gasteiger partial charge in [0.2, 0.25) is 0 Å². The summed E-state index contributed by atoms with van der Waals surface area (Å²) >= 11 is 3.81. The van der Waals surface area contributed by atoms with Gasteiger partial charge < -0.3 is 5.32 Å². The van der Waals surface area contributed by atoms with E-state index in [0.29, 0.717) is 6.04 Å². The number of rotatable bonds is 8. The van der Waals surface area contributed by atoms with Gasteiger partial charge in [-0.05, 0) is 48.8 Å². The predicted molar refractivity (Wildman–Crippen MR) is 82.1 cm³/mol. The molecule has 1 aromatic carbocycles. The summed E-state index contributed by atoms with van der Waals surface area (Å²) in [6.07, 6.45) is 3.36. The van der Waals surface area contributed by atoms with Crippen LogP contribution in [0.3, 0.4) is 0 Å². The van der Waals surface area contributed by atoms with E-state index >= 15 is 0 Å². The van der Waals surface area contributed by atoms with Gasteiger partial charge in [-0.1, -0.05) is 19.1 Å². The molecule has 0 heterocycles. The highest BCUT2D eigenvalue weighted by molar-refractivity contribution is 7.99. The number of benzene rings is 1. The average molecular weight is 269 g/mol. The topological polar surface area (TPSA) is 12.0 Å². The van der Waals surface area contributed by atoms with Crippen LogP contribution in [0.15, 0.2) is 29.2 Å². The third-order valence-electron chi connectivity index (χ3n) is 2.71. The highest BCUT2D eigenvalue weighted by Gasteiger charge is 2.01. The van der Waals surface area contributed by atoms with E-state index in [0.717, 1.165) is 6.54 Å². The summed E-state index contributed by atoms with van der Waals surface area (Å²) in [5.74, 6) is 2.49. The number of nitrogens with one attached hydrogen (secondary N) is 1. The van der Waals surface area contributed by atoms with E-state index in [-0.39, 0.29) is 0 Å². The summed E-state index contributed by atoms with van der Waals surface area (Å²) in [5, 5.41) is 3.58. The molecule has 17 heavy (non-hydrogen) atoms. The number of hydrogen-bond donors (Lipinski definition) is 1. The Morgan fingerprint density at radius 3 is 2.53 bits per heavy atom. The van der Waals surface area contributed by atoms with Gasteiger partial charge in [0.1, 0.15) is 0 Å². The molecule has 3 heteroatoms. The molecule has 96 valence electrons. The summed E-state index contributed by atoms with van der Waals surface area (Å²) < 4.78 is 0. The molecule has 1 N–H and O–H groups in total. The zero-order valence-electron chi connectivity index (χ0n) is 11.0. The minimum Gasteiger partial charge on any atom is -0.310 e. The maximum Gasteiger partial charge on any atom is 0.0207 e. The molecule has 0 saturated heterocycles. The molecule has 1 atom stereocenters. The molecular formula is C14H23NS2. The SMILES string of the molecule is CCSCCC(C)NCc1ccc(SC)cc1. The Morgan fingerprint density at radius 2 is 1.94 bits per heavy atom. The summed E-state index contributed by atoms with van der Waals surface area (Å²) in [6.45, 7) is 5.47. The molecule has 1 nitrogen and oxygen atoms in total. The Balaban J connectivity index is 2.24. The zero-order valence-corrected chi connectivity index (χ0v) is 12.7. The standard InChI is InChI=1S/C14H23NS2/c1-4-17-10-9-12(2)15-11-13-5-7-14(16-3)8-6-13/h5-8,12,15H,4,9-11H2,1-3H3. The molecule has 0 aromatic heterocycles. The first-order valence-electron chi connectivity index (χ1n) is 6.20. The molecular weight excluding hydrogens is 246 g/mol. The first-order chi connectivity index (χ1) is 8.26. The zero-order chi connectivity index (χ0) is 12.5. The fourth-order valence-corrected chi connectivity index (χ4v) is 2.76. The Hall–Kier alpha value is -0.120. The molecule has 0 saturated carbocycles. The third-order valence-corrected chi connectivity index (χ3v) is 4.39. The fraction of sp³-hybridized carbons (Fsp3) is 0.571. The molecule has 0 aliphatic carbocycles. The van der Waals surface area contributed by atoms with E-state index < -0.39 is 0 Å². The molecule has 1 aromatic rings. The summed E-state index contributed by atoms with van der Waals surface area (Å²) in [7, 11) is 0. The first kappa shape index (κ1) is 14.9. The van der Waals surface area contributed by atoms with Crippen molar-refractivity contribution in [3.8, 4) is 0 Å². The second kappa shape index (κ2) is 8.90. The largest absolute Gasteiger partial charge is 0.310 e. The Kier molecular flexibility index (Phi) is 7.82. The van der Waals surface area contributed by atoms with E-state index in [9.17, 15) is 0 Å². The smallest absolute Gasteiger partial charge is 0.0207 e. The lowest BCUT2D eigenvalue weighted by atomic mass is 10.2. The van der Waals surface area contributed by atoms with Crippen molar-refractivity contribution < 1.29 is 0 Å². The maximum atomic E-state index is 3.58. The van der Waals surface area contributed by atoms with Crippen LogP contribution in [0.1, 0.15) is 25.8 Å². The lowest BCUT2D eigenvalue weighted by Gasteiger charge is -2.13. The molecule has 0 bridgehead atoms. The quantitative estimate of drug-likeness (QED) is 0.565. The van der Waals surface area contributed by atoms with E-state index in [2.05, 4.69) is 49.7 Å². The van der Waals surface area contributed by atoms with Gasteiger partial charge in [0.05, 0.1) is 0 Å². The van der Waals surface area contributed by atoms with Crippen LogP contribution in [0.2, 0.25) is 0 Å². The molecule has 0 aliphatic rings. The van der Waals surface area contributed by atoms with Crippen molar-refractivity contribution in [2.45, 2.75) is 37.8 Å². The van der Waals surface area contributed by atoms with Crippen LogP contribution in [0, 0.1) is 0 Å². The lowest BCUT2D eigenvalue weighted by Crippen LogP contribution is -2.25. The van der Waals surface area contributed by atoms with Crippen molar-refractivity contribution in [2.75, 3.05) is 17.8 Å². The van der Waals surface area contributed by atoms with Crippen LogP contribution in [0.25, 0.3) is 0 Å². The van der Waals surface area contributed by atoms with Crippen molar-refractivity contribution >= 4 is 23.5 Å². The van der Waals surface area contributed by atoms with E-state index in [4.69, 9.17) is 0 Å². The molecule has 0 spiro atoms. The van der Waals surface area contributed by atoms with Crippen LogP contribution in [0.5, 0.6) is 0 Å². The molecule has 1 rings (SSSR count). The molecule has 1 unspecified atom stereocenters. The summed E-state index contributed by atoms with van der Waals surface area (Å²) in [6, 6.07) is 9.42. The van der Waals surface area contributed by atoms with Gasteiger partial charge in [-0.2, -0.15) is 11.8 Å². The van der Waals surface area contributed by atoms with Crippen molar-refractivity contribution in [2.24, 2.45) is 0 Å². The van der Waals surface area contributed by atoms with Gasteiger partial charge in [0.15, 0.2) is 0 Å². The van der Waals surface area contributed by atoms with Crippen molar-refractivity contribution in [3.05, 3.63) is 29.8 Å². The van der Waals surface area contributed by atoms with Crippen molar-refractivity contribution in [1.82, 2.24) is 5.32 Å². The van der Waals surface area contributed by atoms with Gasteiger partial charge in [-0.15, -0.1) is 11.8 Å². The molecule has 0 aliphatic heterocycles. The highest BCUT2D eigenvalue weighted by atomic mass is 32.2. The number of hydrogen-bond acceptors (Lipinski definition) is 3. The minimum atomic E-state index is 0.606. The van der Waals surface area contributed by atoms with E-state index in [1.54, 1.807) is 11.8 Å². The Labute approximate surface area is 114 Å². The third kappa shape index (κ3) is 6.39. The summed E-state index contributed by atoms with van der Waals surface area (Å²) in [4.78, 5) is 1.33. The second-order valence-electron chi connectivity index (χ2n) is 4.12. The van der Waals surface area contributed by atoms with Crippen LogP contribution in [-0.2, 0) is 6.54 Å². The lowest BCUT2D eigenvalue weighted by molar-refractivity contribution is 0.537. The van der Waals surface area contributed by atoms with Gasteiger partial charge in [0.25, 0.3) is 0 Å². The van der Waals surface area contributed by atoms with Crippen LogP contribution < -0.4 is 5.32 Å². The highest BCUT2D eigenvalue weighted by Crippen LogP contribution is 2.14. The van der Waals surface area contributed by atoms with E-state index in [1.807, 2.05) is 11.8 Å². The molecule has 0 radical (unpaired) electrons. The van der Waals surface area contributed by atoms with Gasteiger partial charge in [0, 0.05) is 17.5 Å². The van der Waals surface area contributed by atoms with Gasteiger partial charge in [-0.25, -0.2) is 0 Å². The van der Waals surface area contributed by atoms with Gasteiger partial charge >= 0.3 is 0 Å². The molecule has 0 fully saturated rings. The minimum absolute atomic E-state index is 0.606. The second-order valence-corrected chi connectivity index (χ2v) is 6.39. The normalized spacial score (nSPS) is 12.6. The van der Waals surface area contributed by atoms with E-state index in [1.165, 1.54) is 28.4 Å². The Bertz CT molecular complexity index is 298. The molecule has 0 amide bonds. The predicted octanol–water partition coefficient (Wildman–Crippen LogP) is 4.03. The number of thioether (sulfide) groups is 2.